The highest BCUT2D eigenvalue weighted by atomic mass is 79.9. The largest absolute Gasteiger partial charge is 0.328 e. The van der Waals surface area contributed by atoms with Gasteiger partial charge in [-0.2, -0.15) is 0 Å². The zero-order chi connectivity index (χ0) is 24.0. The molecule has 172 valence electrons. The topological polar surface area (TPSA) is 51.6 Å². The van der Waals surface area contributed by atoms with Crippen molar-refractivity contribution in [3.63, 3.8) is 0 Å². The van der Waals surface area contributed by atoms with E-state index in [-0.39, 0.29) is 0 Å². The molecule has 9 heteroatoms. The van der Waals surface area contributed by atoms with Crippen LogP contribution in [0.5, 0.6) is 0 Å². The van der Waals surface area contributed by atoms with Crippen LogP contribution in [0.3, 0.4) is 0 Å². The van der Waals surface area contributed by atoms with Gasteiger partial charge in [-0.15, -0.1) is 0 Å². The fourth-order valence-corrected chi connectivity index (χ4v) is 4.86. The van der Waals surface area contributed by atoms with E-state index in [0.717, 1.165) is 50.8 Å². The molecule has 34 heavy (non-hydrogen) atoms. The Balaban J connectivity index is 1.77. The van der Waals surface area contributed by atoms with Crippen molar-refractivity contribution in [2.45, 2.75) is 0 Å². The number of rotatable bonds is 0. The van der Waals surface area contributed by atoms with Crippen molar-refractivity contribution in [2.24, 2.45) is 0 Å². The van der Waals surface area contributed by atoms with Crippen molar-refractivity contribution in [1.29, 1.82) is 0 Å². The molecule has 1 aromatic carbocycles. The number of hydrogen-bond acceptors (Lipinski definition) is 7. The maximum absolute atomic E-state index is 6.58. The smallest absolute Gasteiger partial charge is 0.136 e. The molecule has 5 rings (SSSR count). The maximum Gasteiger partial charge on any atom is 0.136 e. The third-order valence-electron chi connectivity index (χ3n) is 5.94. The summed E-state index contributed by atoms with van der Waals surface area (Å²) in [4.78, 5) is 22.7. The molecule has 4 heterocycles. The van der Waals surface area contributed by atoms with E-state index in [4.69, 9.17) is 26.6 Å². The molecule has 8 bridgehead atoms. The molecule has 0 radical (unpaired) electrons. The van der Waals surface area contributed by atoms with Gasteiger partial charge in [0.25, 0.3) is 0 Å². The molecular weight excluding hydrogens is 514 g/mol. The lowest BCUT2D eigenvalue weighted by Gasteiger charge is -2.28. The number of anilines is 8. The van der Waals surface area contributed by atoms with Gasteiger partial charge in [0, 0.05) is 33.2 Å². The summed E-state index contributed by atoms with van der Waals surface area (Å²) in [5, 5.41) is 0.619. The monoisotopic (exact) mass is 535 g/mol. The van der Waals surface area contributed by atoms with E-state index in [1.165, 1.54) is 0 Å². The van der Waals surface area contributed by atoms with Gasteiger partial charge in [0.1, 0.15) is 34.9 Å². The van der Waals surface area contributed by atoms with Crippen LogP contribution >= 0.6 is 27.5 Å². The quantitative estimate of drug-likeness (QED) is 0.249. The summed E-state index contributed by atoms with van der Waals surface area (Å²) in [7, 11) is 7.87. The summed E-state index contributed by atoms with van der Waals surface area (Å²) in [6.07, 6.45) is 0. The van der Waals surface area contributed by atoms with Crippen LogP contribution in [-0.4, -0.2) is 43.1 Å². The van der Waals surface area contributed by atoms with Crippen molar-refractivity contribution >= 4 is 73.8 Å². The van der Waals surface area contributed by atoms with Crippen molar-refractivity contribution in [2.75, 3.05) is 47.8 Å². The lowest BCUT2D eigenvalue weighted by atomic mass is 10.2. The lowest BCUT2D eigenvalue weighted by Crippen LogP contribution is -2.20. The van der Waals surface area contributed by atoms with Gasteiger partial charge in [0.2, 0.25) is 0 Å². The minimum atomic E-state index is 0.619. The first-order valence-electron chi connectivity index (χ1n) is 10.7. The van der Waals surface area contributed by atoms with Crippen molar-refractivity contribution < 1.29 is 0 Å². The molecule has 3 aromatic heterocycles. The molecule has 0 fully saturated rings. The number of pyridine rings is 3. The molecule has 0 atom stereocenters. The van der Waals surface area contributed by atoms with Crippen LogP contribution in [0.15, 0.2) is 71.2 Å². The maximum atomic E-state index is 6.58. The van der Waals surface area contributed by atoms with Gasteiger partial charge in [-0.3, -0.25) is 0 Å². The van der Waals surface area contributed by atoms with E-state index in [9.17, 15) is 0 Å². The van der Waals surface area contributed by atoms with Gasteiger partial charge >= 0.3 is 0 Å². The number of fused-ring (bicyclic) bond motifs is 8. The van der Waals surface area contributed by atoms with Crippen molar-refractivity contribution in [1.82, 2.24) is 15.0 Å². The van der Waals surface area contributed by atoms with Crippen LogP contribution in [0.2, 0.25) is 5.02 Å². The molecule has 1 aliphatic heterocycles. The average Bonchev–Trinajstić information content (AvgIpc) is 2.87. The van der Waals surface area contributed by atoms with Crippen LogP contribution in [-0.2, 0) is 0 Å². The SMILES string of the molecule is CN1c2cccc(n2)N(C)c2cccc(n2)N(C)c2cc(Cl)cc(c2Br)N(C)c2cccc1n2. The van der Waals surface area contributed by atoms with E-state index < -0.39 is 0 Å². The zero-order valence-corrected chi connectivity index (χ0v) is 21.6. The van der Waals surface area contributed by atoms with E-state index in [1.807, 2.05) is 115 Å². The number of hydrogen-bond donors (Lipinski definition) is 0. The van der Waals surface area contributed by atoms with Crippen LogP contribution in [0.1, 0.15) is 0 Å². The highest BCUT2D eigenvalue weighted by Crippen LogP contribution is 2.42. The van der Waals surface area contributed by atoms with Gasteiger partial charge < -0.3 is 19.6 Å². The summed E-state index contributed by atoms with van der Waals surface area (Å²) >= 11 is 10.4. The van der Waals surface area contributed by atoms with Crippen molar-refractivity contribution in [3.8, 4) is 0 Å². The molecule has 0 aliphatic carbocycles. The first-order valence-corrected chi connectivity index (χ1v) is 11.9. The Hall–Kier alpha value is -3.36. The lowest BCUT2D eigenvalue weighted by molar-refractivity contribution is 1.01. The van der Waals surface area contributed by atoms with Crippen LogP contribution in [0.4, 0.5) is 46.3 Å². The Labute approximate surface area is 212 Å². The summed E-state index contributed by atoms with van der Waals surface area (Å²) in [5.41, 5.74) is 1.78. The molecule has 7 nitrogen and oxygen atoms in total. The van der Waals surface area contributed by atoms with Gasteiger partial charge in [-0.25, -0.2) is 15.0 Å². The summed E-state index contributed by atoms with van der Waals surface area (Å²) in [6.45, 7) is 0. The molecule has 4 aromatic rings. The Kier molecular flexibility index (Phi) is 5.79. The zero-order valence-electron chi connectivity index (χ0n) is 19.2. The van der Waals surface area contributed by atoms with Gasteiger partial charge in [-0.1, -0.05) is 29.8 Å². The molecular formula is C25H23BrClN7. The van der Waals surface area contributed by atoms with E-state index in [0.29, 0.717) is 5.02 Å². The molecule has 0 saturated heterocycles. The predicted molar refractivity (Wildman–Crippen MR) is 144 cm³/mol. The van der Waals surface area contributed by atoms with Gasteiger partial charge in [-0.05, 0) is 64.5 Å². The second-order valence-corrected chi connectivity index (χ2v) is 9.29. The Bertz CT molecular complexity index is 1280. The van der Waals surface area contributed by atoms with Crippen LogP contribution in [0.25, 0.3) is 0 Å². The third kappa shape index (κ3) is 3.93. The molecule has 0 amide bonds. The minimum absolute atomic E-state index is 0.619. The predicted octanol–water partition coefficient (Wildman–Crippen LogP) is 6.67. The molecule has 0 spiro atoms. The Morgan fingerprint density at radius 2 is 0.853 bits per heavy atom. The normalized spacial score (nSPS) is 13.4. The number of nitrogens with zero attached hydrogens (tertiary/aromatic N) is 7. The van der Waals surface area contributed by atoms with E-state index >= 15 is 0 Å². The number of benzene rings is 1. The molecule has 0 saturated carbocycles. The second-order valence-electron chi connectivity index (χ2n) is 8.06. The Morgan fingerprint density at radius 1 is 0.559 bits per heavy atom. The molecule has 1 aliphatic rings. The minimum Gasteiger partial charge on any atom is -0.328 e. The Morgan fingerprint density at radius 3 is 1.18 bits per heavy atom. The summed E-state index contributed by atoms with van der Waals surface area (Å²) in [6, 6.07) is 21.6. The van der Waals surface area contributed by atoms with Crippen molar-refractivity contribution in [3.05, 3.63) is 76.2 Å². The summed E-state index contributed by atoms with van der Waals surface area (Å²) in [5.74, 6) is 4.67. The van der Waals surface area contributed by atoms with Gasteiger partial charge in [0.05, 0.1) is 15.8 Å². The van der Waals surface area contributed by atoms with Crippen LogP contribution in [0, 0.1) is 0 Å². The molecule has 0 unspecified atom stereocenters. The number of aromatic nitrogens is 3. The summed E-state index contributed by atoms with van der Waals surface area (Å²) < 4.78 is 0.891. The molecule has 0 N–H and O–H groups in total. The first kappa shape index (κ1) is 22.4. The average molecular weight is 537 g/mol. The fraction of sp³-hybridized carbons (Fsp3) is 0.160. The van der Waals surface area contributed by atoms with Gasteiger partial charge in [0.15, 0.2) is 0 Å². The standard InChI is InChI=1S/C25H23BrClN7/c1-31-17-14-16(27)15-18(25(17)26)32(2)20-9-6-11-22(29-20)34(4)24-13-7-12-23(30-24)33(3)21-10-5-8-19(31)28-21/h5-15H,1-4H3. The van der Waals surface area contributed by atoms with Crippen LogP contribution < -0.4 is 19.6 Å². The van der Waals surface area contributed by atoms with E-state index in [2.05, 4.69) is 15.9 Å². The highest BCUT2D eigenvalue weighted by Gasteiger charge is 2.20. The fourth-order valence-electron chi connectivity index (χ4n) is 3.89. The first-order chi connectivity index (χ1) is 16.3. The van der Waals surface area contributed by atoms with E-state index in [1.54, 1.807) is 0 Å². The number of halogens is 2. The highest BCUT2D eigenvalue weighted by molar-refractivity contribution is 9.10. The second kappa shape index (κ2) is 8.77. The third-order valence-corrected chi connectivity index (χ3v) is 6.97.